The largest absolute Gasteiger partial charge is 0.348 e. The number of carbonyl (C=O) groups is 1. The van der Waals surface area contributed by atoms with Crippen molar-refractivity contribution in [1.82, 2.24) is 25.1 Å². The Labute approximate surface area is 117 Å². The Morgan fingerprint density at radius 2 is 2.30 bits per heavy atom. The highest BCUT2D eigenvalue weighted by Gasteiger charge is 2.04. The number of nitrogens with one attached hydrogen (secondary N) is 1. The zero-order valence-corrected chi connectivity index (χ0v) is 11.6. The Morgan fingerprint density at radius 3 is 2.90 bits per heavy atom. The van der Waals surface area contributed by atoms with Gasteiger partial charge in [0, 0.05) is 18.3 Å². The van der Waals surface area contributed by atoms with Crippen molar-refractivity contribution < 1.29 is 4.79 Å². The fourth-order valence-corrected chi connectivity index (χ4v) is 1.70. The maximum atomic E-state index is 11.7. The first kappa shape index (κ1) is 13.9. The van der Waals surface area contributed by atoms with E-state index in [0.29, 0.717) is 12.4 Å². The first-order valence-electron chi connectivity index (χ1n) is 6.45. The third-order valence-corrected chi connectivity index (χ3v) is 2.78. The van der Waals surface area contributed by atoms with E-state index in [4.69, 9.17) is 0 Å². The summed E-state index contributed by atoms with van der Waals surface area (Å²) in [6, 6.07) is 3.74. The number of allylic oxidation sites excluding steroid dienone is 1. The second-order valence-electron chi connectivity index (χ2n) is 4.34. The fraction of sp³-hybridized carbons (Fsp3) is 0.286. The summed E-state index contributed by atoms with van der Waals surface area (Å²) < 4.78 is 1.58. The summed E-state index contributed by atoms with van der Waals surface area (Å²) in [5.74, 6) is 0.645. The lowest BCUT2D eigenvalue weighted by Crippen LogP contribution is -2.23. The molecule has 2 heterocycles. The first-order chi connectivity index (χ1) is 9.70. The molecule has 104 valence electrons. The molecule has 0 radical (unpaired) electrons. The van der Waals surface area contributed by atoms with E-state index in [-0.39, 0.29) is 5.91 Å². The minimum absolute atomic E-state index is 0.0489. The third-order valence-electron chi connectivity index (χ3n) is 2.78. The van der Waals surface area contributed by atoms with Crippen molar-refractivity contribution in [1.29, 1.82) is 0 Å². The lowest BCUT2D eigenvalue weighted by atomic mass is 10.2. The van der Waals surface area contributed by atoms with Gasteiger partial charge in [0.2, 0.25) is 5.91 Å². The van der Waals surface area contributed by atoms with Gasteiger partial charge in [-0.3, -0.25) is 4.79 Å². The van der Waals surface area contributed by atoms with Gasteiger partial charge in [0.25, 0.3) is 0 Å². The van der Waals surface area contributed by atoms with Crippen molar-refractivity contribution in [2.24, 2.45) is 0 Å². The predicted octanol–water partition coefficient (Wildman–Crippen LogP) is 1.63. The van der Waals surface area contributed by atoms with Crippen LogP contribution in [0.1, 0.15) is 25.8 Å². The van der Waals surface area contributed by atoms with Crippen LogP contribution in [-0.4, -0.2) is 25.7 Å². The molecule has 1 N–H and O–H groups in total. The Bertz CT molecular complexity index is 587. The molecule has 0 aliphatic rings. The molecule has 0 saturated heterocycles. The van der Waals surface area contributed by atoms with Gasteiger partial charge in [0.05, 0.1) is 0 Å². The third kappa shape index (κ3) is 3.50. The van der Waals surface area contributed by atoms with Crippen LogP contribution in [0.2, 0.25) is 0 Å². The number of aromatic nitrogens is 4. The quantitative estimate of drug-likeness (QED) is 0.839. The van der Waals surface area contributed by atoms with Gasteiger partial charge >= 0.3 is 0 Å². The molecule has 0 fully saturated rings. The number of nitrogens with zero attached hydrogens (tertiary/aromatic N) is 4. The van der Waals surface area contributed by atoms with Crippen LogP contribution in [-0.2, 0) is 11.3 Å². The van der Waals surface area contributed by atoms with Gasteiger partial charge in [-0.25, -0.2) is 14.6 Å². The SMILES string of the molecule is CC/C=C(\C)C(=O)NCc1ccc(-n2cncn2)nc1. The summed E-state index contributed by atoms with van der Waals surface area (Å²) >= 11 is 0. The molecular weight excluding hydrogens is 254 g/mol. The van der Waals surface area contributed by atoms with Crippen molar-refractivity contribution in [3.8, 4) is 5.82 Å². The molecule has 0 aliphatic carbocycles. The lowest BCUT2D eigenvalue weighted by molar-refractivity contribution is -0.117. The van der Waals surface area contributed by atoms with Crippen molar-refractivity contribution in [3.63, 3.8) is 0 Å². The average molecular weight is 271 g/mol. The smallest absolute Gasteiger partial charge is 0.246 e. The summed E-state index contributed by atoms with van der Waals surface area (Å²) in [7, 11) is 0. The number of carbonyl (C=O) groups excluding carboxylic acids is 1. The number of hydrogen-bond acceptors (Lipinski definition) is 4. The van der Waals surface area contributed by atoms with Crippen LogP contribution in [0.25, 0.3) is 5.82 Å². The van der Waals surface area contributed by atoms with Crippen LogP contribution in [0, 0.1) is 0 Å². The molecule has 1 amide bonds. The van der Waals surface area contributed by atoms with Gasteiger partial charge in [0.1, 0.15) is 12.7 Å². The fourth-order valence-electron chi connectivity index (χ4n) is 1.70. The number of rotatable bonds is 5. The summed E-state index contributed by atoms with van der Waals surface area (Å²) in [5, 5.41) is 6.86. The highest BCUT2D eigenvalue weighted by Crippen LogP contribution is 2.04. The zero-order chi connectivity index (χ0) is 14.4. The topological polar surface area (TPSA) is 72.7 Å². The Balaban J connectivity index is 1.95. The van der Waals surface area contributed by atoms with E-state index in [2.05, 4.69) is 20.4 Å². The molecule has 0 atom stereocenters. The van der Waals surface area contributed by atoms with Crippen LogP contribution in [0.4, 0.5) is 0 Å². The van der Waals surface area contributed by atoms with Crippen LogP contribution in [0.3, 0.4) is 0 Å². The summed E-state index contributed by atoms with van der Waals surface area (Å²) in [4.78, 5) is 19.9. The summed E-state index contributed by atoms with van der Waals surface area (Å²) in [6.07, 6.45) is 7.52. The van der Waals surface area contributed by atoms with Crippen LogP contribution >= 0.6 is 0 Å². The molecule has 0 bridgehead atoms. The first-order valence-corrected chi connectivity index (χ1v) is 6.45. The second-order valence-corrected chi connectivity index (χ2v) is 4.34. The molecule has 6 nitrogen and oxygen atoms in total. The average Bonchev–Trinajstić information content (AvgIpc) is 2.99. The monoisotopic (exact) mass is 271 g/mol. The zero-order valence-electron chi connectivity index (χ0n) is 11.6. The van der Waals surface area contributed by atoms with E-state index in [1.54, 1.807) is 17.2 Å². The van der Waals surface area contributed by atoms with E-state index in [1.165, 1.54) is 6.33 Å². The standard InChI is InChI=1S/C14H17N5O/c1-3-4-11(2)14(20)17-8-12-5-6-13(16-7-12)19-10-15-9-18-19/h4-7,9-10H,3,8H2,1-2H3,(H,17,20)/b11-4+. The Hall–Kier alpha value is -2.50. The highest BCUT2D eigenvalue weighted by atomic mass is 16.1. The molecule has 0 aliphatic heterocycles. The highest BCUT2D eigenvalue weighted by molar-refractivity contribution is 5.92. The maximum Gasteiger partial charge on any atom is 0.246 e. The van der Waals surface area contributed by atoms with E-state index >= 15 is 0 Å². The minimum Gasteiger partial charge on any atom is -0.348 e. The molecule has 2 aromatic rings. The van der Waals surface area contributed by atoms with E-state index in [0.717, 1.165) is 17.6 Å². The molecule has 0 aromatic carbocycles. The Morgan fingerprint density at radius 1 is 1.45 bits per heavy atom. The number of hydrogen-bond donors (Lipinski definition) is 1. The molecule has 0 unspecified atom stereocenters. The molecule has 20 heavy (non-hydrogen) atoms. The van der Waals surface area contributed by atoms with E-state index < -0.39 is 0 Å². The second kappa shape index (κ2) is 6.60. The van der Waals surface area contributed by atoms with Crippen LogP contribution < -0.4 is 5.32 Å². The lowest BCUT2D eigenvalue weighted by Gasteiger charge is -2.06. The van der Waals surface area contributed by atoms with E-state index in [1.807, 2.05) is 32.1 Å². The van der Waals surface area contributed by atoms with Gasteiger partial charge < -0.3 is 5.32 Å². The van der Waals surface area contributed by atoms with Crippen LogP contribution in [0.5, 0.6) is 0 Å². The summed E-state index contributed by atoms with van der Waals surface area (Å²) in [5.41, 5.74) is 1.67. The molecule has 6 heteroatoms. The molecule has 2 aromatic heterocycles. The van der Waals surface area contributed by atoms with Crippen molar-refractivity contribution in [2.75, 3.05) is 0 Å². The Kier molecular flexibility index (Phi) is 4.60. The molecule has 0 saturated carbocycles. The maximum absolute atomic E-state index is 11.7. The van der Waals surface area contributed by atoms with Crippen LogP contribution in [0.15, 0.2) is 42.6 Å². The molecule has 0 spiro atoms. The van der Waals surface area contributed by atoms with E-state index in [9.17, 15) is 4.79 Å². The van der Waals surface area contributed by atoms with Gasteiger partial charge in [0.15, 0.2) is 5.82 Å². The van der Waals surface area contributed by atoms with Crippen molar-refractivity contribution in [3.05, 3.63) is 48.2 Å². The predicted molar refractivity (Wildman–Crippen MR) is 75.0 cm³/mol. The van der Waals surface area contributed by atoms with Gasteiger partial charge in [-0.1, -0.05) is 19.1 Å². The molecular formula is C14H17N5O. The van der Waals surface area contributed by atoms with Crippen molar-refractivity contribution >= 4 is 5.91 Å². The number of pyridine rings is 1. The van der Waals surface area contributed by atoms with Gasteiger partial charge in [-0.2, -0.15) is 5.10 Å². The minimum atomic E-state index is -0.0489. The normalized spacial score (nSPS) is 11.4. The molecule has 2 rings (SSSR count). The summed E-state index contributed by atoms with van der Waals surface area (Å²) in [6.45, 7) is 4.27. The van der Waals surface area contributed by atoms with Crippen molar-refractivity contribution in [2.45, 2.75) is 26.8 Å². The van der Waals surface area contributed by atoms with Gasteiger partial charge in [-0.15, -0.1) is 0 Å². The number of amides is 1. The van der Waals surface area contributed by atoms with Gasteiger partial charge in [-0.05, 0) is 25.0 Å².